The van der Waals surface area contributed by atoms with Crippen LogP contribution in [0, 0.1) is 17.8 Å². The first-order valence-electron chi connectivity index (χ1n) is 8.47. The molecule has 1 unspecified atom stereocenters. The molecule has 1 aliphatic carbocycles. The summed E-state index contributed by atoms with van der Waals surface area (Å²) in [5.41, 5.74) is 6.45. The van der Waals surface area contributed by atoms with Gasteiger partial charge in [0.15, 0.2) is 0 Å². The summed E-state index contributed by atoms with van der Waals surface area (Å²) in [4.78, 5) is 2.63. The fourth-order valence-corrected chi connectivity index (χ4v) is 3.01. The molecule has 0 amide bonds. The molecule has 0 aromatic carbocycles. The molecule has 114 valence electrons. The van der Waals surface area contributed by atoms with Crippen molar-refractivity contribution in [3.05, 3.63) is 0 Å². The maximum absolute atomic E-state index is 6.45. The quantitative estimate of drug-likeness (QED) is 0.687. The fraction of sp³-hybridized carbons (Fsp3) is 1.00. The topological polar surface area (TPSA) is 29.3 Å². The molecule has 2 nitrogen and oxygen atoms in total. The van der Waals surface area contributed by atoms with E-state index in [0.29, 0.717) is 6.04 Å². The lowest BCUT2D eigenvalue weighted by molar-refractivity contribution is 0.209. The third-order valence-corrected chi connectivity index (χ3v) is 4.52. The Labute approximate surface area is 121 Å². The van der Waals surface area contributed by atoms with Crippen LogP contribution in [0.1, 0.15) is 66.2 Å². The molecule has 0 aromatic heterocycles. The lowest BCUT2D eigenvalue weighted by atomic mass is 9.98. The number of rotatable bonds is 9. The van der Waals surface area contributed by atoms with Crippen molar-refractivity contribution >= 4 is 0 Å². The zero-order valence-corrected chi connectivity index (χ0v) is 13.7. The largest absolute Gasteiger partial charge is 0.326 e. The van der Waals surface area contributed by atoms with Gasteiger partial charge >= 0.3 is 0 Å². The Kier molecular flexibility index (Phi) is 8.01. The monoisotopic (exact) mass is 268 g/mol. The predicted molar refractivity (Wildman–Crippen MR) is 85.3 cm³/mol. The van der Waals surface area contributed by atoms with Gasteiger partial charge in [-0.25, -0.2) is 0 Å². The molecule has 1 atom stereocenters. The average molecular weight is 268 g/mol. The summed E-state index contributed by atoms with van der Waals surface area (Å²) in [5.74, 6) is 2.38. The summed E-state index contributed by atoms with van der Waals surface area (Å²) in [7, 11) is 0. The van der Waals surface area contributed by atoms with E-state index in [9.17, 15) is 0 Å². The van der Waals surface area contributed by atoms with Gasteiger partial charge in [0.1, 0.15) is 0 Å². The minimum absolute atomic E-state index is 0.404. The second-order valence-corrected chi connectivity index (χ2v) is 7.37. The van der Waals surface area contributed by atoms with Crippen LogP contribution in [-0.2, 0) is 0 Å². The van der Waals surface area contributed by atoms with Crippen LogP contribution in [0.3, 0.4) is 0 Å². The molecule has 0 radical (unpaired) electrons. The Morgan fingerprint density at radius 2 is 1.42 bits per heavy atom. The van der Waals surface area contributed by atoms with Gasteiger partial charge in [0.2, 0.25) is 0 Å². The molecule has 19 heavy (non-hydrogen) atoms. The summed E-state index contributed by atoms with van der Waals surface area (Å²) >= 11 is 0. The van der Waals surface area contributed by atoms with E-state index in [4.69, 9.17) is 5.73 Å². The van der Waals surface area contributed by atoms with Gasteiger partial charge in [0.25, 0.3) is 0 Å². The van der Waals surface area contributed by atoms with Crippen molar-refractivity contribution in [2.24, 2.45) is 23.5 Å². The van der Waals surface area contributed by atoms with E-state index in [2.05, 4.69) is 32.6 Å². The van der Waals surface area contributed by atoms with Gasteiger partial charge in [-0.15, -0.1) is 0 Å². The van der Waals surface area contributed by atoms with E-state index < -0.39 is 0 Å². The molecule has 0 bridgehead atoms. The highest BCUT2D eigenvalue weighted by Crippen LogP contribution is 2.27. The SMILES string of the molecule is CC(C)CCN(CCC(C)C)CC(N)C1CCCC1. The summed E-state index contributed by atoms with van der Waals surface area (Å²) < 4.78 is 0. The van der Waals surface area contributed by atoms with Crippen molar-refractivity contribution in [1.29, 1.82) is 0 Å². The Bertz CT molecular complexity index is 207. The molecule has 2 N–H and O–H groups in total. The highest BCUT2D eigenvalue weighted by Gasteiger charge is 2.23. The summed E-state index contributed by atoms with van der Waals surface area (Å²) in [5, 5.41) is 0. The molecule has 1 rings (SSSR count). The standard InChI is InChI=1S/C17H36N2/c1-14(2)9-11-19(12-10-15(3)4)13-17(18)16-7-5-6-8-16/h14-17H,5-13,18H2,1-4H3. The van der Waals surface area contributed by atoms with Crippen LogP contribution in [0.2, 0.25) is 0 Å². The highest BCUT2D eigenvalue weighted by atomic mass is 15.1. The smallest absolute Gasteiger partial charge is 0.0196 e. The van der Waals surface area contributed by atoms with Crippen LogP contribution in [0.25, 0.3) is 0 Å². The third-order valence-electron chi connectivity index (χ3n) is 4.52. The van der Waals surface area contributed by atoms with Gasteiger partial charge in [-0.3, -0.25) is 0 Å². The first-order chi connectivity index (χ1) is 8.99. The van der Waals surface area contributed by atoms with Gasteiger partial charge in [-0.2, -0.15) is 0 Å². The van der Waals surface area contributed by atoms with Gasteiger partial charge in [-0.05, 0) is 56.5 Å². The van der Waals surface area contributed by atoms with Crippen LogP contribution in [0.4, 0.5) is 0 Å². The molecule has 0 spiro atoms. The van der Waals surface area contributed by atoms with Crippen LogP contribution in [0.5, 0.6) is 0 Å². The van der Waals surface area contributed by atoms with E-state index in [0.717, 1.165) is 24.3 Å². The van der Waals surface area contributed by atoms with Gasteiger partial charge < -0.3 is 10.6 Å². The Balaban J connectivity index is 2.37. The van der Waals surface area contributed by atoms with Gasteiger partial charge in [-0.1, -0.05) is 40.5 Å². The van der Waals surface area contributed by atoms with Crippen LogP contribution in [0.15, 0.2) is 0 Å². The number of hydrogen-bond acceptors (Lipinski definition) is 2. The van der Waals surface area contributed by atoms with Crippen LogP contribution in [-0.4, -0.2) is 30.6 Å². The van der Waals surface area contributed by atoms with Crippen molar-refractivity contribution in [1.82, 2.24) is 4.90 Å². The Morgan fingerprint density at radius 3 is 1.84 bits per heavy atom. The van der Waals surface area contributed by atoms with E-state index in [1.54, 1.807) is 0 Å². The van der Waals surface area contributed by atoms with E-state index in [1.807, 2.05) is 0 Å². The second-order valence-electron chi connectivity index (χ2n) is 7.37. The van der Waals surface area contributed by atoms with Crippen molar-refractivity contribution in [3.8, 4) is 0 Å². The molecule has 1 saturated carbocycles. The molecule has 0 heterocycles. The van der Waals surface area contributed by atoms with Crippen molar-refractivity contribution in [3.63, 3.8) is 0 Å². The first-order valence-corrected chi connectivity index (χ1v) is 8.47. The second kappa shape index (κ2) is 8.97. The van der Waals surface area contributed by atoms with E-state index >= 15 is 0 Å². The number of nitrogens with two attached hydrogens (primary N) is 1. The number of nitrogens with zero attached hydrogens (tertiary/aromatic N) is 1. The van der Waals surface area contributed by atoms with Crippen molar-refractivity contribution in [2.45, 2.75) is 72.3 Å². The zero-order chi connectivity index (χ0) is 14.3. The van der Waals surface area contributed by atoms with Crippen molar-refractivity contribution < 1.29 is 0 Å². The highest BCUT2D eigenvalue weighted by molar-refractivity contribution is 4.80. The molecule has 2 heteroatoms. The lowest BCUT2D eigenvalue weighted by Crippen LogP contribution is -2.42. The maximum atomic E-state index is 6.45. The minimum Gasteiger partial charge on any atom is -0.326 e. The Hall–Kier alpha value is -0.0800. The van der Waals surface area contributed by atoms with Crippen molar-refractivity contribution in [2.75, 3.05) is 19.6 Å². The van der Waals surface area contributed by atoms with Crippen LogP contribution < -0.4 is 5.73 Å². The van der Waals surface area contributed by atoms with E-state index in [-0.39, 0.29) is 0 Å². The van der Waals surface area contributed by atoms with Crippen LogP contribution >= 0.6 is 0 Å². The molecule has 0 aromatic rings. The molecular weight excluding hydrogens is 232 g/mol. The summed E-state index contributed by atoms with van der Waals surface area (Å²) in [6, 6.07) is 0.404. The molecule has 1 aliphatic rings. The first kappa shape index (κ1) is 17.0. The third kappa shape index (κ3) is 7.31. The Morgan fingerprint density at radius 1 is 0.947 bits per heavy atom. The normalized spacial score (nSPS) is 18.9. The molecule has 0 aliphatic heterocycles. The predicted octanol–water partition coefficient (Wildman–Crippen LogP) is 3.90. The van der Waals surface area contributed by atoms with Gasteiger partial charge in [0, 0.05) is 12.6 Å². The summed E-state index contributed by atoms with van der Waals surface area (Å²) in [6.45, 7) is 12.8. The minimum atomic E-state index is 0.404. The summed E-state index contributed by atoms with van der Waals surface area (Å²) in [6.07, 6.45) is 8.13. The number of hydrogen-bond donors (Lipinski definition) is 1. The van der Waals surface area contributed by atoms with Gasteiger partial charge in [0.05, 0.1) is 0 Å². The molecule has 0 saturated heterocycles. The molecular formula is C17H36N2. The molecule has 1 fully saturated rings. The average Bonchev–Trinajstić information content (AvgIpc) is 2.85. The maximum Gasteiger partial charge on any atom is 0.0196 e. The zero-order valence-electron chi connectivity index (χ0n) is 13.7. The lowest BCUT2D eigenvalue weighted by Gasteiger charge is -2.29. The fourth-order valence-electron chi connectivity index (χ4n) is 3.01. The van der Waals surface area contributed by atoms with E-state index in [1.165, 1.54) is 51.6 Å².